The second-order valence-corrected chi connectivity index (χ2v) is 6.97. The Labute approximate surface area is 177 Å². The van der Waals surface area contributed by atoms with Crippen molar-refractivity contribution in [3.8, 4) is 5.75 Å². The molecular weight excluding hydrogens is 419 g/mol. The highest BCUT2D eigenvalue weighted by Crippen LogP contribution is 2.34. The maximum absolute atomic E-state index is 13.8. The van der Waals surface area contributed by atoms with Crippen molar-refractivity contribution >= 4 is 22.9 Å². The van der Waals surface area contributed by atoms with E-state index in [1.54, 1.807) is 24.4 Å². The van der Waals surface area contributed by atoms with Gasteiger partial charge in [0.1, 0.15) is 17.7 Å². The van der Waals surface area contributed by atoms with E-state index in [1.165, 1.54) is 18.2 Å². The van der Waals surface area contributed by atoms with Gasteiger partial charge in [-0.05, 0) is 48.5 Å². The lowest BCUT2D eigenvalue weighted by Gasteiger charge is -2.41. The molecule has 0 fully saturated rings. The maximum Gasteiger partial charge on any atom is 0.487 e. The van der Waals surface area contributed by atoms with Crippen LogP contribution in [-0.4, -0.2) is 46.4 Å². The molecule has 9 heteroatoms. The first kappa shape index (κ1) is 22.1. The van der Waals surface area contributed by atoms with Crippen LogP contribution in [0.15, 0.2) is 61.1 Å². The lowest BCUT2D eigenvalue weighted by Crippen LogP contribution is -2.49. The van der Waals surface area contributed by atoms with Crippen LogP contribution in [0.2, 0.25) is 0 Å². The minimum atomic E-state index is -3.80. The van der Waals surface area contributed by atoms with Crippen molar-refractivity contribution in [2.45, 2.75) is 18.7 Å². The Kier molecular flexibility index (Phi) is 7.02. The fourth-order valence-electron chi connectivity index (χ4n) is 3.37. The molecule has 0 bridgehead atoms. The first-order chi connectivity index (χ1) is 14.3. The largest absolute Gasteiger partial charge is 0.487 e. The molecule has 0 aliphatic carbocycles. The van der Waals surface area contributed by atoms with Crippen LogP contribution in [0.25, 0.3) is 5.57 Å². The van der Waals surface area contributed by atoms with Crippen molar-refractivity contribution in [1.29, 1.82) is 0 Å². The standard InChI is InChI=1S/C21H21ClF3N3O2/c1-2-27(10-11-29)20-19(15-12-16(23)14-26-13-15)4-3-9-28(20)17-5-7-18(8-6-17)30-21(22,24)25/h3-9,12-14,20,29H,2,10-11H2,1H3. The Hall–Kier alpha value is -2.55. The van der Waals surface area contributed by atoms with E-state index in [0.717, 1.165) is 11.8 Å². The summed E-state index contributed by atoms with van der Waals surface area (Å²) in [5.74, 6) is -0.536. The summed E-state index contributed by atoms with van der Waals surface area (Å²) in [4.78, 5) is 7.86. The summed E-state index contributed by atoms with van der Waals surface area (Å²) >= 11 is 4.82. The fourth-order valence-corrected chi connectivity index (χ4v) is 3.46. The average molecular weight is 440 g/mol. The average Bonchev–Trinajstić information content (AvgIpc) is 2.71. The summed E-state index contributed by atoms with van der Waals surface area (Å²) in [6, 6.07) is 7.42. The Morgan fingerprint density at radius 3 is 2.60 bits per heavy atom. The van der Waals surface area contributed by atoms with Crippen LogP contribution in [0.3, 0.4) is 0 Å². The van der Waals surface area contributed by atoms with Gasteiger partial charge in [-0.25, -0.2) is 4.39 Å². The number of aromatic nitrogens is 1. The number of hydrogen-bond acceptors (Lipinski definition) is 5. The van der Waals surface area contributed by atoms with Crippen molar-refractivity contribution < 1.29 is 23.0 Å². The normalized spacial score (nSPS) is 16.7. The van der Waals surface area contributed by atoms with Crippen LogP contribution in [-0.2, 0) is 0 Å². The van der Waals surface area contributed by atoms with Gasteiger partial charge >= 0.3 is 5.57 Å². The maximum atomic E-state index is 13.8. The summed E-state index contributed by atoms with van der Waals surface area (Å²) in [5.41, 5.74) is -1.72. The number of anilines is 1. The van der Waals surface area contributed by atoms with E-state index in [4.69, 9.17) is 11.6 Å². The second-order valence-electron chi connectivity index (χ2n) is 6.53. The van der Waals surface area contributed by atoms with Crippen LogP contribution in [0.1, 0.15) is 12.5 Å². The van der Waals surface area contributed by atoms with Gasteiger partial charge in [0, 0.05) is 41.8 Å². The number of likely N-dealkylation sites (N-methyl/N-ethyl adjacent to an activating group) is 1. The van der Waals surface area contributed by atoms with Gasteiger partial charge in [-0.15, -0.1) is 8.78 Å². The molecule has 1 atom stereocenters. The summed E-state index contributed by atoms with van der Waals surface area (Å²) in [6.45, 7) is 2.88. The van der Waals surface area contributed by atoms with Crippen molar-refractivity contribution in [1.82, 2.24) is 9.88 Å². The number of benzene rings is 1. The van der Waals surface area contributed by atoms with Gasteiger partial charge in [0.15, 0.2) is 0 Å². The topological polar surface area (TPSA) is 48.8 Å². The molecule has 2 aromatic rings. The first-order valence-corrected chi connectivity index (χ1v) is 9.68. The third-order valence-electron chi connectivity index (χ3n) is 4.61. The summed E-state index contributed by atoms with van der Waals surface area (Å²) in [6.07, 6.45) is 7.83. The van der Waals surface area contributed by atoms with Crippen LogP contribution >= 0.6 is 11.6 Å². The van der Waals surface area contributed by atoms with Gasteiger partial charge < -0.3 is 14.7 Å². The van der Waals surface area contributed by atoms with E-state index in [2.05, 4.69) is 9.72 Å². The number of alkyl halides is 3. The lowest BCUT2D eigenvalue weighted by molar-refractivity contribution is -0.0964. The number of ether oxygens (including phenoxy) is 1. The number of aliphatic hydroxyl groups excluding tert-OH is 1. The molecule has 160 valence electrons. The number of halogens is 4. The van der Waals surface area contributed by atoms with Crippen molar-refractivity contribution in [2.24, 2.45) is 0 Å². The molecule has 3 rings (SSSR count). The molecule has 2 heterocycles. The summed E-state index contributed by atoms with van der Waals surface area (Å²) in [7, 11) is 0. The first-order valence-electron chi connectivity index (χ1n) is 9.30. The monoisotopic (exact) mass is 439 g/mol. The molecule has 0 radical (unpaired) electrons. The molecule has 1 aromatic heterocycles. The van der Waals surface area contributed by atoms with Crippen LogP contribution < -0.4 is 9.64 Å². The number of allylic oxidation sites excluding steroid dienone is 2. The molecule has 0 saturated heterocycles. The van der Waals surface area contributed by atoms with Gasteiger partial charge in [-0.3, -0.25) is 9.88 Å². The smallest absolute Gasteiger partial charge is 0.420 e. The molecule has 1 aliphatic heterocycles. The highest BCUT2D eigenvalue weighted by molar-refractivity contribution is 6.20. The van der Waals surface area contributed by atoms with Crippen molar-refractivity contribution in [2.75, 3.05) is 24.6 Å². The van der Waals surface area contributed by atoms with E-state index >= 15 is 0 Å². The van der Waals surface area contributed by atoms with Crippen molar-refractivity contribution in [3.05, 3.63) is 72.5 Å². The zero-order chi connectivity index (χ0) is 21.7. The lowest BCUT2D eigenvalue weighted by atomic mass is 9.99. The molecule has 1 aromatic carbocycles. The molecule has 5 nitrogen and oxygen atoms in total. The molecule has 0 saturated carbocycles. The molecule has 30 heavy (non-hydrogen) atoms. The number of aliphatic hydroxyl groups is 1. The predicted octanol–water partition coefficient (Wildman–Crippen LogP) is 4.45. The molecule has 1 aliphatic rings. The third-order valence-corrected chi connectivity index (χ3v) is 4.69. The molecule has 1 N–H and O–H groups in total. The van der Waals surface area contributed by atoms with E-state index < -0.39 is 11.4 Å². The highest BCUT2D eigenvalue weighted by Gasteiger charge is 2.31. The van der Waals surface area contributed by atoms with Crippen LogP contribution in [0, 0.1) is 5.82 Å². The third kappa shape index (κ3) is 5.33. The Balaban J connectivity index is 1.98. The fraction of sp³-hybridized carbons (Fsp3) is 0.286. The number of nitrogens with zero attached hydrogens (tertiary/aromatic N) is 3. The minimum Gasteiger partial charge on any atom is -0.420 e. The van der Waals surface area contributed by atoms with E-state index in [0.29, 0.717) is 24.3 Å². The zero-order valence-corrected chi connectivity index (χ0v) is 16.9. The highest BCUT2D eigenvalue weighted by atomic mass is 35.5. The molecule has 1 unspecified atom stereocenters. The van der Waals surface area contributed by atoms with Crippen molar-refractivity contribution in [3.63, 3.8) is 0 Å². The summed E-state index contributed by atoms with van der Waals surface area (Å²) in [5, 5.41) is 9.53. The molecule has 0 spiro atoms. The number of hydrogen-bond donors (Lipinski definition) is 1. The van der Waals surface area contributed by atoms with Crippen LogP contribution in [0.4, 0.5) is 18.9 Å². The SMILES string of the molecule is CCN(CCO)C1C(c2cncc(F)c2)=CC=CN1c1ccc(OC(F)(F)Cl)cc1. The van der Waals surface area contributed by atoms with Gasteiger partial charge in [0.2, 0.25) is 0 Å². The predicted molar refractivity (Wildman–Crippen MR) is 110 cm³/mol. The quantitative estimate of drug-likeness (QED) is 0.616. The summed E-state index contributed by atoms with van der Waals surface area (Å²) < 4.78 is 44.0. The van der Waals surface area contributed by atoms with E-state index in [-0.39, 0.29) is 18.5 Å². The second kappa shape index (κ2) is 9.51. The molecular formula is C21H21ClF3N3O2. The number of rotatable bonds is 8. The van der Waals surface area contributed by atoms with Gasteiger partial charge in [0.25, 0.3) is 0 Å². The van der Waals surface area contributed by atoms with E-state index in [1.807, 2.05) is 29.0 Å². The Morgan fingerprint density at radius 1 is 1.27 bits per heavy atom. The number of pyridine rings is 1. The zero-order valence-electron chi connectivity index (χ0n) is 16.2. The Morgan fingerprint density at radius 2 is 2.00 bits per heavy atom. The molecule has 0 amide bonds. The Bertz CT molecular complexity index is 916. The van der Waals surface area contributed by atoms with E-state index in [9.17, 15) is 18.3 Å². The van der Waals surface area contributed by atoms with Gasteiger partial charge in [0.05, 0.1) is 12.8 Å². The van der Waals surface area contributed by atoms with Crippen LogP contribution in [0.5, 0.6) is 5.75 Å². The van der Waals surface area contributed by atoms with Gasteiger partial charge in [-0.1, -0.05) is 13.0 Å². The minimum absolute atomic E-state index is 0.0614. The van der Waals surface area contributed by atoms with Gasteiger partial charge in [-0.2, -0.15) is 0 Å².